The van der Waals surface area contributed by atoms with Gasteiger partial charge in [-0.1, -0.05) is 49.2 Å². The number of nitrogens with one attached hydrogen (secondary N) is 1. The Hall–Kier alpha value is -2.66. The van der Waals surface area contributed by atoms with Gasteiger partial charge in [0.15, 0.2) is 5.17 Å². The second-order valence-corrected chi connectivity index (χ2v) is 15.7. The molecule has 7 rings (SSSR count). The number of rotatable bonds is 5. The summed E-state index contributed by atoms with van der Waals surface area (Å²) in [6.45, 7) is 11.7. The number of aromatic nitrogens is 1. The van der Waals surface area contributed by atoms with Crippen molar-refractivity contribution in [1.82, 2.24) is 25.0 Å². The third-order valence-corrected chi connectivity index (χ3v) is 12.0. The van der Waals surface area contributed by atoms with E-state index in [1.807, 2.05) is 35.8 Å². The standard InChI is InChI=1S/C34H39Cl2FN6O2S/c1-18(2)27-28(31(45)42-19(3)6-10-25(42)30(44)41-17-34(12-13-34)39-15-20(41)4)46-32-40-33(5,22-8-11-26(36)38-16-22)29(43(27)32)21-7-9-23(35)24(37)14-21/h7-9,11,14,16,18-20,25,29,39H,6,10,12-13,15,17H2,1-5H3/t19-,20-,25+,29+,33-/m0/s1. The zero-order valence-electron chi connectivity index (χ0n) is 26.7. The molecule has 3 fully saturated rings. The summed E-state index contributed by atoms with van der Waals surface area (Å²) in [4.78, 5) is 44.9. The first-order valence-corrected chi connectivity index (χ1v) is 17.7. The van der Waals surface area contributed by atoms with Crippen molar-refractivity contribution in [2.24, 2.45) is 10.9 Å². The quantitative estimate of drug-likeness (QED) is 0.362. The fourth-order valence-electron chi connectivity index (χ4n) is 7.66. The second-order valence-electron chi connectivity index (χ2n) is 14.0. The van der Waals surface area contributed by atoms with Crippen molar-refractivity contribution < 1.29 is 14.0 Å². The molecule has 0 unspecified atom stereocenters. The van der Waals surface area contributed by atoms with Crippen LogP contribution in [-0.4, -0.2) is 73.4 Å². The molecule has 1 saturated carbocycles. The number of piperazine rings is 1. The number of allylic oxidation sites excluding steroid dienone is 1. The molecule has 46 heavy (non-hydrogen) atoms. The van der Waals surface area contributed by atoms with Crippen LogP contribution in [0.5, 0.6) is 0 Å². The highest BCUT2D eigenvalue weighted by atomic mass is 35.5. The maximum atomic E-state index is 15.0. The third-order valence-electron chi connectivity index (χ3n) is 10.4. The summed E-state index contributed by atoms with van der Waals surface area (Å²) in [6, 6.07) is 7.43. The number of hydrogen-bond acceptors (Lipinski definition) is 7. The molecule has 0 bridgehead atoms. The fraction of sp³-hybridized carbons (Fsp3) is 0.529. The first-order valence-electron chi connectivity index (χ1n) is 16.1. The number of likely N-dealkylation sites (tertiary alicyclic amines) is 1. The molecular formula is C34H39Cl2FN6O2S. The highest BCUT2D eigenvalue weighted by Crippen LogP contribution is 2.56. The Kier molecular flexibility index (Phi) is 7.98. The number of carbonyl (C=O) groups excluding carboxylic acids is 2. The van der Waals surface area contributed by atoms with Crippen molar-refractivity contribution >= 4 is 51.9 Å². The summed E-state index contributed by atoms with van der Waals surface area (Å²) in [5, 5.41) is 4.68. The van der Waals surface area contributed by atoms with Crippen molar-refractivity contribution in [3.8, 4) is 0 Å². The van der Waals surface area contributed by atoms with Gasteiger partial charge in [0.2, 0.25) is 5.91 Å². The number of nitrogens with zero attached hydrogens (tertiary/aromatic N) is 5. The molecular weight excluding hydrogens is 646 g/mol. The third kappa shape index (κ3) is 5.15. The van der Waals surface area contributed by atoms with Gasteiger partial charge >= 0.3 is 0 Å². The lowest BCUT2D eigenvalue weighted by Crippen LogP contribution is -2.62. The van der Waals surface area contributed by atoms with E-state index in [-0.39, 0.29) is 40.4 Å². The summed E-state index contributed by atoms with van der Waals surface area (Å²) in [5.74, 6) is -0.693. The number of aliphatic imine (C=N–C) groups is 1. The van der Waals surface area contributed by atoms with E-state index in [2.05, 4.69) is 36.0 Å². The molecule has 12 heteroatoms. The minimum atomic E-state index is -0.869. The number of carbonyl (C=O) groups is 2. The number of pyridine rings is 1. The van der Waals surface area contributed by atoms with Crippen LogP contribution in [0.2, 0.25) is 10.2 Å². The first kappa shape index (κ1) is 31.9. The Bertz CT molecular complexity index is 1660. The normalized spacial score (nSPS) is 30.0. The van der Waals surface area contributed by atoms with Crippen LogP contribution in [0, 0.1) is 11.7 Å². The summed E-state index contributed by atoms with van der Waals surface area (Å²) in [7, 11) is 0. The maximum absolute atomic E-state index is 15.0. The van der Waals surface area contributed by atoms with Crippen LogP contribution in [0.1, 0.15) is 77.5 Å². The molecule has 1 spiro atoms. The molecule has 5 heterocycles. The van der Waals surface area contributed by atoms with Gasteiger partial charge in [0.25, 0.3) is 5.91 Å². The summed E-state index contributed by atoms with van der Waals surface area (Å²) >= 11 is 13.6. The van der Waals surface area contributed by atoms with Crippen LogP contribution in [0.4, 0.5) is 4.39 Å². The van der Waals surface area contributed by atoms with Gasteiger partial charge in [0, 0.05) is 48.2 Å². The molecule has 5 atom stereocenters. The predicted molar refractivity (Wildman–Crippen MR) is 180 cm³/mol. The maximum Gasteiger partial charge on any atom is 0.263 e. The monoisotopic (exact) mass is 684 g/mol. The molecule has 8 nitrogen and oxygen atoms in total. The van der Waals surface area contributed by atoms with E-state index >= 15 is 4.39 Å². The smallest absolute Gasteiger partial charge is 0.263 e. The van der Waals surface area contributed by atoms with E-state index in [0.717, 1.165) is 37.1 Å². The SMILES string of the molecule is CC(C)C1=C(C(=O)N2[C@@H](C(=O)N3CC4(CC4)NC[C@@H]3C)CC[C@@H]2C)SC2=N[C@@](C)(c3ccc(Cl)nc3)[C@@H](c3ccc(Cl)c(F)c3)N21. The van der Waals surface area contributed by atoms with E-state index in [1.54, 1.807) is 18.3 Å². The van der Waals surface area contributed by atoms with Crippen LogP contribution in [0.3, 0.4) is 0 Å². The molecule has 0 radical (unpaired) electrons. The van der Waals surface area contributed by atoms with Gasteiger partial charge in [-0.3, -0.25) is 9.59 Å². The van der Waals surface area contributed by atoms with Crippen molar-refractivity contribution in [3.63, 3.8) is 0 Å². The minimum Gasteiger partial charge on any atom is -0.335 e. The fourth-order valence-corrected chi connectivity index (χ4v) is 9.24. The second kappa shape index (κ2) is 11.5. The van der Waals surface area contributed by atoms with Gasteiger partial charge in [0.1, 0.15) is 27.5 Å². The topological polar surface area (TPSA) is 81.1 Å². The summed E-state index contributed by atoms with van der Waals surface area (Å²) in [6.07, 6.45) is 5.27. The Morgan fingerprint density at radius 2 is 1.87 bits per heavy atom. The summed E-state index contributed by atoms with van der Waals surface area (Å²) < 4.78 is 15.0. The van der Waals surface area contributed by atoms with Gasteiger partial charge in [-0.25, -0.2) is 14.4 Å². The minimum absolute atomic E-state index is 0.0363. The van der Waals surface area contributed by atoms with Crippen LogP contribution in [0.15, 0.2) is 52.1 Å². The van der Waals surface area contributed by atoms with E-state index in [1.165, 1.54) is 17.8 Å². The average Bonchev–Trinajstić information content (AvgIpc) is 3.34. The van der Waals surface area contributed by atoms with Gasteiger partial charge in [-0.2, -0.15) is 0 Å². The average molecular weight is 686 g/mol. The number of hydrogen-bond donors (Lipinski definition) is 1. The molecule has 1 aliphatic carbocycles. The first-order chi connectivity index (χ1) is 21.8. The number of amidine groups is 1. The lowest BCUT2D eigenvalue weighted by atomic mass is 9.81. The molecule has 4 aliphatic heterocycles. The molecule has 1 N–H and O–H groups in total. The van der Waals surface area contributed by atoms with Crippen molar-refractivity contribution in [3.05, 3.63) is 74.3 Å². The van der Waals surface area contributed by atoms with Gasteiger partial charge in [0.05, 0.1) is 11.1 Å². The molecule has 2 aromatic rings. The Balaban J connectivity index is 1.27. The molecule has 5 aliphatic rings. The predicted octanol–water partition coefficient (Wildman–Crippen LogP) is 6.50. The van der Waals surface area contributed by atoms with Crippen LogP contribution >= 0.6 is 35.0 Å². The Morgan fingerprint density at radius 3 is 2.52 bits per heavy atom. The number of amides is 2. The number of thioether (sulfide) groups is 1. The zero-order chi connectivity index (χ0) is 32.7. The highest BCUT2D eigenvalue weighted by Gasteiger charge is 2.55. The largest absolute Gasteiger partial charge is 0.335 e. The van der Waals surface area contributed by atoms with Crippen LogP contribution < -0.4 is 5.32 Å². The molecule has 2 amide bonds. The molecule has 1 aromatic carbocycles. The Labute approximate surface area is 283 Å². The molecule has 2 saturated heterocycles. The van der Waals surface area contributed by atoms with Crippen molar-refractivity contribution in [1.29, 1.82) is 0 Å². The van der Waals surface area contributed by atoms with E-state index in [9.17, 15) is 9.59 Å². The van der Waals surface area contributed by atoms with E-state index in [0.29, 0.717) is 33.8 Å². The zero-order valence-corrected chi connectivity index (χ0v) is 29.0. The van der Waals surface area contributed by atoms with Crippen LogP contribution in [0.25, 0.3) is 0 Å². The number of fused-ring (bicyclic) bond motifs is 1. The highest BCUT2D eigenvalue weighted by molar-refractivity contribution is 8.18. The van der Waals surface area contributed by atoms with E-state index < -0.39 is 23.4 Å². The molecule has 244 valence electrons. The van der Waals surface area contributed by atoms with Crippen LogP contribution in [-0.2, 0) is 15.1 Å². The van der Waals surface area contributed by atoms with Gasteiger partial charge < -0.3 is 20.0 Å². The summed E-state index contributed by atoms with van der Waals surface area (Å²) in [5.41, 5.74) is 1.48. The van der Waals surface area contributed by atoms with Crippen molar-refractivity contribution in [2.45, 2.75) is 95.5 Å². The molecule has 1 aromatic heterocycles. The number of benzene rings is 1. The van der Waals surface area contributed by atoms with Gasteiger partial charge in [-0.05, 0) is 87.9 Å². The van der Waals surface area contributed by atoms with E-state index in [4.69, 9.17) is 28.2 Å². The Morgan fingerprint density at radius 1 is 1.11 bits per heavy atom. The van der Waals surface area contributed by atoms with Crippen molar-refractivity contribution in [2.75, 3.05) is 13.1 Å². The number of halogens is 3. The van der Waals surface area contributed by atoms with Gasteiger partial charge in [-0.15, -0.1) is 0 Å². The lowest BCUT2D eigenvalue weighted by molar-refractivity contribution is -0.145. The lowest BCUT2D eigenvalue weighted by Gasteiger charge is -2.42.